The largest absolute Gasteiger partial charge is 0.408 e. The number of anilines is 2. The minimum atomic E-state index is -4.49. The molecule has 0 bridgehead atoms. The molecule has 3 N–H and O–H groups in total. The molecule has 2 heterocycles. The van der Waals surface area contributed by atoms with E-state index in [1.807, 2.05) is 0 Å². The number of aromatic nitrogens is 3. The molecule has 1 fully saturated rings. The van der Waals surface area contributed by atoms with Gasteiger partial charge in [-0.2, -0.15) is 28.1 Å². The molecule has 0 saturated carbocycles. The first-order valence-corrected chi connectivity index (χ1v) is 8.74. The summed E-state index contributed by atoms with van der Waals surface area (Å²) >= 11 is 0. The van der Waals surface area contributed by atoms with Crippen molar-refractivity contribution in [3.8, 4) is 0 Å². The molecular formula is C16H21F4N5O2. The van der Waals surface area contributed by atoms with Crippen LogP contribution in [0.5, 0.6) is 0 Å². The highest BCUT2D eigenvalue weighted by atomic mass is 19.4. The van der Waals surface area contributed by atoms with Gasteiger partial charge in [0.2, 0.25) is 11.9 Å². The van der Waals surface area contributed by atoms with Gasteiger partial charge in [0.1, 0.15) is 18.0 Å². The van der Waals surface area contributed by atoms with E-state index in [1.165, 1.54) is 0 Å². The van der Waals surface area contributed by atoms with E-state index in [-0.39, 0.29) is 42.2 Å². The fraction of sp³-hybridized carbons (Fsp3) is 0.688. The first-order chi connectivity index (χ1) is 12.7. The van der Waals surface area contributed by atoms with Gasteiger partial charge in [0, 0.05) is 12.2 Å². The van der Waals surface area contributed by atoms with Crippen LogP contribution in [0.15, 0.2) is 5.83 Å². The highest BCUT2D eigenvalue weighted by Crippen LogP contribution is 2.32. The molecule has 0 radical (unpaired) electrons. The van der Waals surface area contributed by atoms with Crippen LogP contribution in [0.25, 0.3) is 5.57 Å². The predicted octanol–water partition coefficient (Wildman–Crippen LogP) is 2.66. The highest BCUT2D eigenvalue weighted by molar-refractivity contribution is 5.65. The Morgan fingerprint density at radius 2 is 1.93 bits per heavy atom. The number of hydrogen-bond donors (Lipinski definition) is 3. The number of alkyl halides is 3. The lowest BCUT2D eigenvalue weighted by Crippen LogP contribution is -2.34. The van der Waals surface area contributed by atoms with E-state index >= 15 is 0 Å². The molecule has 27 heavy (non-hydrogen) atoms. The number of allylic oxidation sites excluding steroid dienone is 1. The van der Waals surface area contributed by atoms with Gasteiger partial charge in [0.05, 0.1) is 12.6 Å². The van der Waals surface area contributed by atoms with Gasteiger partial charge in [-0.25, -0.2) is 4.39 Å². The summed E-state index contributed by atoms with van der Waals surface area (Å²) in [6.07, 6.45) is -3.97. The summed E-state index contributed by atoms with van der Waals surface area (Å²) in [4.78, 5) is 12.1. The van der Waals surface area contributed by atoms with Gasteiger partial charge in [-0.05, 0) is 32.6 Å². The summed E-state index contributed by atoms with van der Waals surface area (Å²) in [5, 5.41) is 14.9. The molecule has 11 heteroatoms. The Balaban J connectivity index is 1.93. The van der Waals surface area contributed by atoms with Gasteiger partial charge in [-0.3, -0.25) is 0 Å². The quantitative estimate of drug-likeness (QED) is 0.665. The van der Waals surface area contributed by atoms with Gasteiger partial charge in [0.25, 0.3) is 0 Å². The van der Waals surface area contributed by atoms with Crippen molar-refractivity contribution in [3.63, 3.8) is 0 Å². The summed E-state index contributed by atoms with van der Waals surface area (Å²) in [5.41, 5.74) is 0.0876. The molecule has 7 nitrogen and oxygen atoms in total. The van der Waals surface area contributed by atoms with E-state index in [1.54, 1.807) is 0 Å². The normalized spacial score (nSPS) is 24.8. The summed E-state index contributed by atoms with van der Waals surface area (Å²) in [6.45, 7) is 1.90. The van der Waals surface area contributed by atoms with Crippen LogP contribution < -0.4 is 10.6 Å². The number of rotatable bonds is 5. The van der Waals surface area contributed by atoms with Crippen LogP contribution in [0.2, 0.25) is 0 Å². The van der Waals surface area contributed by atoms with E-state index in [9.17, 15) is 22.7 Å². The number of halogens is 4. The Morgan fingerprint density at radius 1 is 1.19 bits per heavy atom. The van der Waals surface area contributed by atoms with Crippen molar-refractivity contribution in [2.75, 3.05) is 23.8 Å². The topological polar surface area (TPSA) is 92.2 Å². The van der Waals surface area contributed by atoms with Crippen LogP contribution >= 0.6 is 0 Å². The second-order valence-corrected chi connectivity index (χ2v) is 6.65. The lowest BCUT2D eigenvalue weighted by Gasteiger charge is -2.21. The molecule has 150 valence electrons. The zero-order valence-corrected chi connectivity index (χ0v) is 14.7. The van der Waals surface area contributed by atoms with Crippen LogP contribution in [-0.4, -0.2) is 57.6 Å². The van der Waals surface area contributed by atoms with Crippen molar-refractivity contribution in [2.24, 2.45) is 0 Å². The van der Waals surface area contributed by atoms with Crippen molar-refractivity contribution in [2.45, 2.75) is 57.0 Å². The van der Waals surface area contributed by atoms with Gasteiger partial charge in [-0.1, -0.05) is 0 Å². The van der Waals surface area contributed by atoms with Crippen molar-refractivity contribution in [1.29, 1.82) is 0 Å². The molecule has 3 atom stereocenters. The molecule has 2 aliphatic rings. The molecular weight excluding hydrogens is 370 g/mol. The Morgan fingerprint density at radius 3 is 2.59 bits per heavy atom. The first-order valence-electron chi connectivity index (χ1n) is 8.74. The first kappa shape index (κ1) is 19.7. The molecule has 1 saturated heterocycles. The summed E-state index contributed by atoms with van der Waals surface area (Å²) in [5.74, 6) is -1.11. The van der Waals surface area contributed by atoms with Crippen LogP contribution in [0.3, 0.4) is 0 Å². The summed E-state index contributed by atoms with van der Waals surface area (Å²) in [7, 11) is 0. The number of aliphatic hydroxyl groups excluding tert-OH is 1. The van der Waals surface area contributed by atoms with E-state index in [0.717, 1.165) is 6.92 Å². The molecule has 1 unspecified atom stereocenters. The maximum Gasteiger partial charge on any atom is 0.408 e. The molecule has 0 spiro atoms. The smallest absolute Gasteiger partial charge is 0.386 e. The zero-order valence-electron chi connectivity index (χ0n) is 14.7. The molecule has 1 aromatic heterocycles. The van der Waals surface area contributed by atoms with Crippen LogP contribution in [0, 0.1) is 0 Å². The number of hydrogen-bond acceptors (Lipinski definition) is 7. The maximum absolute atomic E-state index is 14.3. The SMILES string of the molecule is C[C@@H](Nc1nc(N[C@H]2CCOC2)nc(C2=C(F)C(O)CCC2)n1)C(F)(F)F. The number of nitrogens with zero attached hydrogens (tertiary/aromatic N) is 3. The highest BCUT2D eigenvalue weighted by Gasteiger charge is 2.37. The van der Waals surface area contributed by atoms with Gasteiger partial charge < -0.3 is 20.5 Å². The molecule has 0 aromatic carbocycles. The predicted molar refractivity (Wildman–Crippen MR) is 89.7 cm³/mol. The van der Waals surface area contributed by atoms with Gasteiger partial charge >= 0.3 is 6.18 Å². The molecule has 1 aliphatic carbocycles. The van der Waals surface area contributed by atoms with Crippen molar-refractivity contribution < 1.29 is 27.4 Å². The van der Waals surface area contributed by atoms with Crippen LogP contribution in [0.4, 0.5) is 29.5 Å². The molecule has 1 aromatic rings. The fourth-order valence-electron chi connectivity index (χ4n) is 2.88. The van der Waals surface area contributed by atoms with E-state index < -0.39 is 24.1 Å². The van der Waals surface area contributed by atoms with Crippen molar-refractivity contribution in [3.05, 3.63) is 11.7 Å². The average Bonchev–Trinajstić information content (AvgIpc) is 3.09. The minimum absolute atomic E-state index is 0.0349. The lowest BCUT2D eigenvalue weighted by molar-refractivity contribution is -0.138. The summed E-state index contributed by atoms with van der Waals surface area (Å²) < 4.78 is 58.2. The average molecular weight is 391 g/mol. The van der Waals surface area contributed by atoms with Gasteiger partial charge in [0.15, 0.2) is 5.82 Å². The van der Waals surface area contributed by atoms with E-state index in [4.69, 9.17) is 4.74 Å². The minimum Gasteiger partial charge on any atom is -0.386 e. The second kappa shape index (κ2) is 7.93. The van der Waals surface area contributed by atoms with Gasteiger partial charge in [-0.15, -0.1) is 0 Å². The lowest BCUT2D eigenvalue weighted by atomic mass is 9.96. The van der Waals surface area contributed by atoms with Crippen LogP contribution in [-0.2, 0) is 4.74 Å². The van der Waals surface area contributed by atoms with E-state index in [0.29, 0.717) is 26.1 Å². The second-order valence-electron chi connectivity index (χ2n) is 6.65. The van der Waals surface area contributed by atoms with Crippen molar-refractivity contribution in [1.82, 2.24) is 15.0 Å². The zero-order chi connectivity index (χ0) is 19.6. The summed E-state index contributed by atoms with van der Waals surface area (Å²) in [6, 6.07) is -1.99. The number of ether oxygens (including phenoxy) is 1. The monoisotopic (exact) mass is 391 g/mol. The Hall–Kier alpha value is -2.01. The Labute approximate surface area is 153 Å². The molecule has 0 amide bonds. The maximum atomic E-state index is 14.3. The van der Waals surface area contributed by atoms with E-state index in [2.05, 4.69) is 25.6 Å². The van der Waals surface area contributed by atoms with Crippen molar-refractivity contribution >= 4 is 17.5 Å². The molecule has 3 rings (SSSR count). The fourth-order valence-corrected chi connectivity index (χ4v) is 2.88. The molecule has 1 aliphatic heterocycles. The number of nitrogens with one attached hydrogen (secondary N) is 2. The third-order valence-corrected chi connectivity index (χ3v) is 4.49. The third kappa shape index (κ3) is 4.83. The third-order valence-electron chi connectivity index (χ3n) is 4.49. The standard InChI is InChI=1S/C16H21F4N5O2/c1-8(16(18,19)20)21-14-23-13(10-3-2-4-11(26)12(10)17)24-15(25-14)22-9-5-6-27-7-9/h8-9,11,26H,2-7H2,1H3,(H2,21,22,23,24,25)/t8-,9+,11?/m1/s1. The number of aliphatic hydroxyl groups is 1. The Bertz CT molecular complexity index is 707. The van der Waals surface area contributed by atoms with Crippen LogP contribution in [0.1, 0.15) is 38.4 Å². The Kier molecular flexibility index (Phi) is 5.80.